The molecule has 4 nitrogen and oxygen atoms in total. The summed E-state index contributed by atoms with van der Waals surface area (Å²) < 4.78 is 5.11. The molecule has 0 bridgehead atoms. The lowest BCUT2D eigenvalue weighted by Gasteiger charge is -2.37. The first-order chi connectivity index (χ1) is 8.65. The van der Waals surface area contributed by atoms with E-state index in [1.165, 1.54) is 19.3 Å². The van der Waals surface area contributed by atoms with Crippen LogP contribution in [0, 0.1) is 0 Å². The summed E-state index contributed by atoms with van der Waals surface area (Å²) >= 11 is 0. The third kappa shape index (κ3) is 4.58. The first-order valence-corrected chi connectivity index (χ1v) is 7.13. The Labute approximate surface area is 111 Å². The molecular formula is C14H28N2O2. The molecule has 1 aliphatic rings. The number of carbonyl (C=O) groups excluding carboxylic acids is 1. The van der Waals surface area contributed by atoms with Crippen LogP contribution >= 0.6 is 0 Å². The van der Waals surface area contributed by atoms with Crippen LogP contribution in [0.25, 0.3) is 0 Å². The van der Waals surface area contributed by atoms with Crippen molar-refractivity contribution in [2.75, 3.05) is 20.8 Å². The van der Waals surface area contributed by atoms with Gasteiger partial charge in [-0.2, -0.15) is 0 Å². The summed E-state index contributed by atoms with van der Waals surface area (Å²) in [4.78, 5) is 12.1. The molecule has 0 spiro atoms. The van der Waals surface area contributed by atoms with Crippen molar-refractivity contribution in [3.8, 4) is 0 Å². The minimum absolute atomic E-state index is 0.0215. The summed E-state index contributed by atoms with van der Waals surface area (Å²) in [5.41, 5.74) is 0.0215. The number of ether oxygens (including phenoxy) is 1. The van der Waals surface area contributed by atoms with Gasteiger partial charge in [0.2, 0.25) is 5.91 Å². The van der Waals surface area contributed by atoms with E-state index < -0.39 is 0 Å². The van der Waals surface area contributed by atoms with Gasteiger partial charge in [0.1, 0.15) is 0 Å². The summed E-state index contributed by atoms with van der Waals surface area (Å²) in [7, 11) is 3.65. The maximum absolute atomic E-state index is 12.1. The molecular weight excluding hydrogens is 228 g/mol. The van der Waals surface area contributed by atoms with Gasteiger partial charge in [0.15, 0.2) is 0 Å². The monoisotopic (exact) mass is 256 g/mol. The maximum Gasteiger partial charge on any atom is 0.222 e. The molecule has 0 radical (unpaired) electrons. The molecule has 0 aliphatic heterocycles. The number of carbonyl (C=O) groups is 1. The lowest BCUT2D eigenvalue weighted by atomic mass is 9.79. The number of amides is 1. The quantitative estimate of drug-likeness (QED) is 0.731. The highest BCUT2D eigenvalue weighted by Crippen LogP contribution is 2.30. The molecule has 0 saturated heterocycles. The van der Waals surface area contributed by atoms with Crippen LogP contribution in [0.1, 0.15) is 51.9 Å². The molecule has 1 rings (SSSR count). The molecule has 1 aliphatic carbocycles. The van der Waals surface area contributed by atoms with Gasteiger partial charge in [-0.15, -0.1) is 0 Å². The van der Waals surface area contributed by atoms with E-state index in [1.807, 2.05) is 7.05 Å². The van der Waals surface area contributed by atoms with E-state index in [1.54, 1.807) is 7.11 Å². The van der Waals surface area contributed by atoms with Crippen LogP contribution in [-0.2, 0) is 9.53 Å². The van der Waals surface area contributed by atoms with Gasteiger partial charge in [-0.25, -0.2) is 0 Å². The number of hydrogen-bond acceptors (Lipinski definition) is 3. The van der Waals surface area contributed by atoms with Crippen molar-refractivity contribution >= 4 is 5.91 Å². The predicted octanol–water partition coefficient (Wildman–Crippen LogP) is 1.84. The normalized spacial score (nSPS) is 20.4. The molecule has 0 aromatic carbocycles. The van der Waals surface area contributed by atoms with Crippen molar-refractivity contribution < 1.29 is 9.53 Å². The van der Waals surface area contributed by atoms with Crippen molar-refractivity contribution in [2.24, 2.45) is 0 Å². The number of rotatable bonds is 7. The van der Waals surface area contributed by atoms with Crippen LogP contribution in [-0.4, -0.2) is 38.3 Å². The highest BCUT2D eigenvalue weighted by molar-refractivity contribution is 5.77. The zero-order valence-corrected chi connectivity index (χ0v) is 12.1. The Bertz CT molecular complexity index is 250. The fraction of sp³-hybridized carbons (Fsp3) is 0.929. The van der Waals surface area contributed by atoms with E-state index in [4.69, 9.17) is 4.74 Å². The summed E-state index contributed by atoms with van der Waals surface area (Å²) in [6.45, 7) is 2.66. The van der Waals surface area contributed by atoms with Gasteiger partial charge in [0, 0.05) is 19.1 Å². The topological polar surface area (TPSA) is 50.4 Å². The van der Waals surface area contributed by atoms with Crippen LogP contribution in [0.4, 0.5) is 0 Å². The Balaban J connectivity index is 2.45. The van der Waals surface area contributed by atoms with Gasteiger partial charge in [-0.1, -0.05) is 26.2 Å². The van der Waals surface area contributed by atoms with Crippen molar-refractivity contribution in [1.82, 2.24) is 10.6 Å². The van der Waals surface area contributed by atoms with Gasteiger partial charge >= 0.3 is 0 Å². The Kier molecular flexibility index (Phi) is 6.65. The molecule has 2 N–H and O–H groups in total. The molecule has 1 unspecified atom stereocenters. The van der Waals surface area contributed by atoms with Crippen molar-refractivity contribution in [3.63, 3.8) is 0 Å². The zero-order valence-electron chi connectivity index (χ0n) is 12.1. The minimum atomic E-state index is 0.0215. The first-order valence-electron chi connectivity index (χ1n) is 7.13. The third-order valence-corrected chi connectivity index (χ3v) is 4.07. The molecule has 0 aromatic heterocycles. The second-order valence-corrected chi connectivity index (χ2v) is 5.40. The Hall–Kier alpha value is -0.610. The predicted molar refractivity (Wildman–Crippen MR) is 73.6 cm³/mol. The molecule has 1 saturated carbocycles. The largest absolute Gasteiger partial charge is 0.383 e. The van der Waals surface area contributed by atoms with Crippen LogP contribution in [0.5, 0.6) is 0 Å². The van der Waals surface area contributed by atoms with Crippen LogP contribution < -0.4 is 10.6 Å². The fourth-order valence-electron chi connectivity index (χ4n) is 2.79. The molecule has 106 valence electrons. The average molecular weight is 256 g/mol. The molecule has 4 heteroatoms. The first kappa shape index (κ1) is 15.4. The van der Waals surface area contributed by atoms with E-state index in [0.717, 1.165) is 19.3 Å². The van der Waals surface area contributed by atoms with Gasteiger partial charge in [-0.05, 0) is 26.3 Å². The van der Waals surface area contributed by atoms with E-state index in [9.17, 15) is 4.79 Å². The molecule has 1 amide bonds. The van der Waals surface area contributed by atoms with Crippen LogP contribution in [0.3, 0.4) is 0 Å². The van der Waals surface area contributed by atoms with Gasteiger partial charge in [0.25, 0.3) is 0 Å². The number of hydrogen-bond donors (Lipinski definition) is 2. The molecule has 1 atom stereocenters. The van der Waals surface area contributed by atoms with Gasteiger partial charge in [-0.3, -0.25) is 4.79 Å². The Morgan fingerprint density at radius 1 is 1.33 bits per heavy atom. The number of nitrogens with one attached hydrogen (secondary N) is 2. The second kappa shape index (κ2) is 7.74. The Morgan fingerprint density at radius 3 is 2.50 bits per heavy atom. The summed E-state index contributed by atoms with van der Waals surface area (Å²) in [6, 6.07) is 0.139. The highest BCUT2D eigenvalue weighted by atomic mass is 16.5. The van der Waals surface area contributed by atoms with E-state index in [-0.39, 0.29) is 17.5 Å². The molecule has 0 aromatic rings. The van der Waals surface area contributed by atoms with E-state index in [2.05, 4.69) is 17.6 Å². The van der Waals surface area contributed by atoms with E-state index in [0.29, 0.717) is 13.0 Å². The third-order valence-electron chi connectivity index (χ3n) is 4.07. The fourth-order valence-corrected chi connectivity index (χ4v) is 2.79. The lowest BCUT2D eigenvalue weighted by molar-refractivity contribution is -0.124. The zero-order chi connectivity index (χ0) is 13.4. The standard InChI is InChI=1S/C14H28N2O2/c1-4-12(11-18-3)16-13(17)10-14(15-2)8-6-5-7-9-14/h12,15H,4-11H2,1-3H3,(H,16,17). The van der Waals surface area contributed by atoms with Crippen LogP contribution in [0.2, 0.25) is 0 Å². The number of methoxy groups -OCH3 is 1. The smallest absolute Gasteiger partial charge is 0.222 e. The molecule has 18 heavy (non-hydrogen) atoms. The van der Waals surface area contributed by atoms with Gasteiger partial charge in [0.05, 0.1) is 12.6 Å². The highest BCUT2D eigenvalue weighted by Gasteiger charge is 2.32. The minimum Gasteiger partial charge on any atom is -0.383 e. The van der Waals surface area contributed by atoms with Crippen molar-refractivity contribution in [3.05, 3.63) is 0 Å². The van der Waals surface area contributed by atoms with Crippen molar-refractivity contribution in [2.45, 2.75) is 63.5 Å². The molecule has 1 fully saturated rings. The lowest BCUT2D eigenvalue weighted by Crippen LogP contribution is -2.50. The maximum atomic E-state index is 12.1. The van der Waals surface area contributed by atoms with Gasteiger partial charge < -0.3 is 15.4 Å². The average Bonchev–Trinajstić information content (AvgIpc) is 2.39. The van der Waals surface area contributed by atoms with Crippen molar-refractivity contribution in [1.29, 1.82) is 0 Å². The molecule has 0 heterocycles. The Morgan fingerprint density at radius 2 is 2.00 bits per heavy atom. The summed E-state index contributed by atoms with van der Waals surface area (Å²) in [6.07, 6.45) is 7.46. The van der Waals surface area contributed by atoms with Crippen LogP contribution in [0.15, 0.2) is 0 Å². The SMILES string of the molecule is CCC(COC)NC(=O)CC1(NC)CCCCC1. The summed E-state index contributed by atoms with van der Waals surface area (Å²) in [5.74, 6) is 0.148. The summed E-state index contributed by atoms with van der Waals surface area (Å²) in [5, 5.41) is 6.45. The van der Waals surface area contributed by atoms with E-state index >= 15 is 0 Å². The second-order valence-electron chi connectivity index (χ2n) is 5.40.